The zero-order chi connectivity index (χ0) is 13.1. The van der Waals surface area contributed by atoms with Gasteiger partial charge >= 0.3 is 0 Å². The van der Waals surface area contributed by atoms with Gasteiger partial charge in [-0.3, -0.25) is 4.79 Å². The molecule has 17 heavy (non-hydrogen) atoms. The van der Waals surface area contributed by atoms with Gasteiger partial charge in [-0.15, -0.1) is 0 Å². The minimum Gasteiger partial charge on any atom is -0.393 e. The van der Waals surface area contributed by atoms with E-state index in [2.05, 4.69) is 20.8 Å². The number of amides is 1. The fourth-order valence-corrected chi connectivity index (χ4v) is 2.57. The topological polar surface area (TPSA) is 46.3 Å². The van der Waals surface area contributed by atoms with Gasteiger partial charge in [0.25, 0.3) is 0 Å². The Bertz CT molecular complexity index is 292. The van der Waals surface area contributed by atoms with Gasteiger partial charge in [0.05, 0.1) is 4.99 Å². The van der Waals surface area contributed by atoms with Crippen molar-refractivity contribution in [1.82, 2.24) is 4.90 Å². The van der Waals surface area contributed by atoms with Crippen LogP contribution in [-0.4, -0.2) is 28.9 Å². The van der Waals surface area contributed by atoms with Crippen molar-refractivity contribution < 1.29 is 4.79 Å². The number of likely N-dealkylation sites (tertiary alicyclic amines) is 1. The highest BCUT2D eigenvalue weighted by Gasteiger charge is 2.35. The van der Waals surface area contributed by atoms with Crippen molar-refractivity contribution in [3.05, 3.63) is 0 Å². The summed E-state index contributed by atoms with van der Waals surface area (Å²) < 4.78 is 0. The van der Waals surface area contributed by atoms with Gasteiger partial charge in [-0.1, -0.05) is 33.0 Å². The summed E-state index contributed by atoms with van der Waals surface area (Å²) in [6.45, 7) is 7.85. The number of rotatable bonds is 4. The first-order chi connectivity index (χ1) is 7.94. The second-order valence-electron chi connectivity index (χ2n) is 5.26. The Balaban J connectivity index is 2.58. The summed E-state index contributed by atoms with van der Waals surface area (Å²) in [7, 11) is 0. The van der Waals surface area contributed by atoms with E-state index in [1.807, 2.05) is 4.90 Å². The summed E-state index contributed by atoms with van der Waals surface area (Å²) in [5.74, 6) is 0.490. The maximum atomic E-state index is 12.2. The molecule has 0 spiro atoms. The van der Waals surface area contributed by atoms with Crippen molar-refractivity contribution in [2.45, 2.75) is 46.5 Å². The number of nitrogens with two attached hydrogens (primary N) is 1. The van der Waals surface area contributed by atoms with E-state index in [1.165, 1.54) is 0 Å². The lowest BCUT2D eigenvalue weighted by atomic mass is 9.80. The third-order valence-corrected chi connectivity index (χ3v) is 4.60. The molecule has 2 N–H and O–H groups in total. The first-order valence-electron chi connectivity index (χ1n) is 6.53. The molecule has 0 aromatic rings. The van der Waals surface area contributed by atoms with E-state index in [0.717, 1.165) is 38.8 Å². The van der Waals surface area contributed by atoms with Crippen LogP contribution >= 0.6 is 12.2 Å². The van der Waals surface area contributed by atoms with Crippen LogP contribution < -0.4 is 5.73 Å². The zero-order valence-electron chi connectivity index (χ0n) is 11.2. The Morgan fingerprint density at radius 1 is 1.35 bits per heavy atom. The highest BCUT2D eigenvalue weighted by molar-refractivity contribution is 7.80. The van der Waals surface area contributed by atoms with Crippen LogP contribution in [-0.2, 0) is 4.79 Å². The number of carbonyl (C=O) groups excluding carboxylic acids is 1. The van der Waals surface area contributed by atoms with Gasteiger partial charge in [-0.05, 0) is 25.7 Å². The van der Waals surface area contributed by atoms with Crippen LogP contribution in [0.3, 0.4) is 0 Å². The molecule has 0 saturated carbocycles. The van der Waals surface area contributed by atoms with Crippen LogP contribution in [0.15, 0.2) is 0 Å². The monoisotopic (exact) mass is 256 g/mol. The highest BCUT2D eigenvalue weighted by Crippen LogP contribution is 2.32. The fraction of sp³-hybridized carbons (Fsp3) is 0.846. The summed E-state index contributed by atoms with van der Waals surface area (Å²) in [6, 6.07) is 0. The van der Waals surface area contributed by atoms with E-state index in [9.17, 15) is 4.79 Å². The molecule has 4 heteroatoms. The lowest BCUT2D eigenvalue weighted by Crippen LogP contribution is -2.48. The van der Waals surface area contributed by atoms with Crippen molar-refractivity contribution in [3.63, 3.8) is 0 Å². The lowest BCUT2D eigenvalue weighted by molar-refractivity contribution is -0.137. The predicted octanol–water partition coefficient (Wildman–Crippen LogP) is 2.34. The van der Waals surface area contributed by atoms with Crippen LogP contribution in [0.25, 0.3) is 0 Å². The first kappa shape index (κ1) is 14.4. The molecule has 1 aliphatic rings. The summed E-state index contributed by atoms with van der Waals surface area (Å²) in [6.07, 6.45) is 3.65. The molecular formula is C13H24N2OS. The van der Waals surface area contributed by atoms with Crippen molar-refractivity contribution in [1.29, 1.82) is 0 Å². The van der Waals surface area contributed by atoms with Gasteiger partial charge in [-0.25, -0.2) is 0 Å². The van der Waals surface area contributed by atoms with Crippen molar-refractivity contribution in [2.75, 3.05) is 13.1 Å². The van der Waals surface area contributed by atoms with Crippen molar-refractivity contribution >= 4 is 23.1 Å². The number of nitrogens with zero attached hydrogens (tertiary/aromatic N) is 1. The van der Waals surface area contributed by atoms with Crippen LogP contribution in [0, 0.1) is 11.3 Å². The van der Waals surface area contributed by atoms with Crippen LogP contribution in [0.4, 0.5) is 0 Å². The molecule has 3 nitrogen and oxygen atoms in total. The lowest BCUT2D eigenvalue weighted by Gasteiger charge is -2.39. The third-order valence-electron chi connectivity index (χ3n) is 4.11. The molecule has 1 heterocycles. The van der Waals surface area contributed by atoms with Gasteiger partial charge in [0.1, 0.15) is 0 Å². The molecule has 0 aromatic heterocycles. The minimum atomic E-state index is -0.0555. The Kier molecular flexibility index (Phi) is 4.92. The average Bonchev–Trinajstić information content (AvgIpc) is 2.31. The number of hydrogen-bond acceptors (Lipinski definition) is 2. The second-order valence-corrected chi connectivity index (χ2v) is 5.70. The zero-order valence-corrected chi connectivity index (χ0v) is 12.0. The predicted molar refractivity (Wildman–Crippen MR) is 74.8 cm³/mol. The van der Waals surface area contributed by atoms with E-state index < -0.39 is 0 Å². The second kappa shape index (κ2) is 5.80. The Morgan fingerprint density at radius 2 is 1.82 bits per heavy atom. The van der Waals surface area contributed by atoms with Gasteiger partial charge in [-0.2, -0.15) is 0 Å². The summed E-state index contributed by atoms with van der Waals surface area (Å²) in [4.78, 5) is 14.8. The van der Waals surface area contributed by atoms with E-state index in [-0.39, 0.29) is 11.3 Å². The van der Waals surface area contributed by atoms with Gasteiger partial charge < -0.3 is 10.6 Å². The number of thiocarbonyl (C=S) groups is 1. The van der Waals surface area contributed by atoms with Gasteiger partial charge in [0.15, 0.2) is 0 Å². The molecule has 98 valence electrons. The number of carbonyl (C=O) groups is 1. The van der Waals surface area contributed by atoms with E-state index in [0.29, 0.717) is 10.9 Å². The molecule has 0 aromatic carbocycles. The normalized spacial score (nSPS) is 19.4. The maximum absolute atomic E-state index is 12.2. The Hall–Kier alpha value is -0.640. The summed E-state index contributed by atoms with van der Waals surface area (Å²) >= 11 is 5.10. The van der Waals surface area contributed by atoms with Crippen LogP contribution in [0.1, 0.15) is 46.5 Å². The molecule has 0 aliphatic carbocycles. The molecule has 1 saturated heterocycles. The molecule has 1 rings (SSSR count). The molecule has 0 atom stereocenters. The summed E-state index contributed by atoms with van der Waals surface area (Å²) in [5.41, 5.74) is 5.71. The minimum absolute atomic E-state index is 0.0555. The molecule has 1 amide bonds. The largest absolute Gasteiger partial charge is 0.393 e. The standard InChI is InChI=1S/C13H24N2OS/c1-4-10(5-2)11(16)15-8-6-13(3,7-9-15)12(14)17/h10H,4-9H2,1-3H3,(H2,14,17). The average molecular weight is 256 g/mol. The van der Waals surface area contributed by atoms with E-state index in [1.54, 1.807) is 0 Å². The fourth-order valence-electron chi connectivity index (χ4n) is 2.36. The highest BCUT2D eigenvalue weighted by atomic mass is 32.1. The SMILES string of the molecule is CCC(CC)C(=O)N1CCC(C)(C(N)=S)CC1. The molecule has 1 aliphatic heterocycles. The maximum Gasteiger partial charge on any atom is 0.225 e. The smallest absolute Gasteiger partial charge is 0.225 e. The van der Waals surface area contributed by atoms with Crippen molar-refractivity contribution in [2.24, 2.45) is 17.1 Å². The van der Waals surface area contributed by atoms with Gasteiger partial charge in [0.2, 0.25) is 5.91 Å². The molecule has 0 radical (unpaired) electrons. The van der Waals surface area contributed by atoms with Crippen LogP contribution in [0.2, 0.25) is 0 Å². The summed E-state index contributed by atoms with van der Waals surface area (Å²) in [5, 5.41) is 0. The molecule has 1 fully saturated rings. The van der Waals surface area contributed by atoms with Gasteiger partial charge in [0, 0.05) is 24.4 Å². The Labute approximate surface area is 110 Å². The number of hydrogen-bond donors (Lipinski definition) is 1. The Morgan fingerprint density at radius 3 is 2.18 bits per heavy atom. The number of piperidine rings is 1. The first-order valence-corrected chi connectivity index (χ1v) is 6.94. The third kappa shape index (κ3) is 3.18. The molecule has 0 unspecified atom stereocenters. The van der Waals surface area contributed by atoms with E-state index in [4.69, 9.17) is 18.0 Å². The molecule has 0 bridgehead atoms. The van der Waals surface area contributed by atoms with Crippen LogP contribution in [0.5, 0.6) is 0 Å². The van der Waals surface area contributed by atoms with E-state index >= 15 is 0 Å². The molecular weight excluding hydrogens is 232 g/mol. The van der Waals surface area contributed by atoms with Crippen molar-refractivity contribution in [3.8, 4) is 0 Å². The quantitative estimate of drug-likeness (QED) is 0.785.